The van der Waals surface area contributed by atoms with Gasteiger partial charge in [-0.3, -0.25) is 9.69 Å². The Hall–Kier alpha value is -1.79. The predicted octanol–water partition coefficient (Wildman–Crippen LogP) is 0.839. The van der Waals surface area contributed by atoms with Gasteiger partial charge in [-0.25, -0.2) is 0 Å². The zero-order valence-corrected chi connectivity index (χ0v) is 12.8. The van der Waals surface area contributed by atoms with Crippen molar-refractivity contribution in [1.82, 2.24) is 9.80 Å². The van der Waals surface area contributed by atoms with Crippen molar-refractivity contribution >= 4 is 5.78 Å². The van der Waals surface area contributed by atoms with E-state index in [2.05, 4.69) is 16.8 Å². The average Bonchev–Trinajstić information content (AvgIpc) is 2.49. The number of benzene rings is 1. The van der Waals surface area contributed by atoms with Crippen molar-refractivity contribution in [2.24, 2.45) is 0 Å². The maximum atomic E-state index is 12.4. The number of ketones is 1. The monoisotopic (exact) mass is 294 g/mol. The van der Waals surface area contributed by atoms with Crippen molar-refractivity contribution in [1.29, 1.82) is 0 Å². The molecule has 21 heavy (non-hydrogen) atoms. The van der Waals surface area contributed by atoms with E-state index < -0.39 is 0 Å². The Bertz CT molecular complexity index is 511. The number of hydrogen-bond acceptors (Lipinski definition) is 6. The van der Waals surface area contributed by atoms with Gasteiger partial charge in [0.15, 0.2) is 17.3 Å². The third-order valence-electron chi connectivity index (χ3n) is 3.78. The smallest absolute Gasteiger partial charge is 0.203 e. The van der Waals surface area contributed by atoms with Crippen LogP contribution in [0.15, 0.2) is 12.1 Å². The van der Waals surface area contributed by atoms with Gasteiger partial charge in [-0.15, -0.1) is 0 Å². The highest BCUT2D eigenvalue weighted by molar-refractivity contribution is 6.01. The third kappa shape index (κ3) is 3.46. The summed E-state index contributed by atoms with van der Waals surface area (Å²) in [7, 11) is 4.99. The number of piperazine rings is 1. The number of phenols is 1. The average molecular weight is 294 g/mol. The Morgan fingerprint density at radius 2 is 1.86 bits per heavy atom. The molecule has 0 amide bonds. The molecule has 1 N–H and O–H groups in total. The lowest BCUT2D eigenvalue weighted by atomic mass is 10.1. The van der Waals surface area contributed by atoms with E-state index in [9.17, 15) is 9.90 Å². The summed E-state index contributed by atoms with van der Waals surface area (Å²) in [6.07, 6.45) is 0. The first-order valence-electron chi connectivity index (χ1n) is 6.95. The van der Waals surface area contributed by atoms with E-state index in [0.717, 1.165) is 26.2 Å². The summed E-state index contributed by atoms with van der Waals surface area (Å²) in [5, 5.41) is 10.2. The standard InChI is InChI=1S/C15H22N2O4/c1-16-6-8-17(9-7-16)10-12(18)11-4-5-13(20-2)15(21-3)14(11)19/h4-5,19H,6-10H2,1-3H3. The van der Waals surface area contributed by atoms with Gasteiger partial charge in [-0.2, -0.15) is 0 Å². The highest BCUT2D eigenvalue weighted by Crippen LogP contribution is 2.39. The number of carbonyl (C=O) groups excluding carboxylic acids is 1. The summed E-state index contributed by atoms with van der Waals surface area (Å²) in [6.45, 7) is 3.92. The second-order valence-corrected chi connectivity index (χ2v) is 5.20. The normalized spacial score (nSPS) is 16.7. The minimum absolute atomic E-state index is 0.113. The van der Waals surface area contributed by atoms with E-state index in [0.29, 0.717) is 12.3 Å². The molecule has 0 bridgehead atoms. The number of likely N-dealkylation sites (N-methyl/N-ethyl adjacent to an activating group) is 1. The van der Waals surface area contributed by atoms with Crippen molar-refractivity contribution in [3.05, 3.63) is 17.7 Å². The van der Waals surface area contributed by atoms with Crippen LogP contribution in [0.5, 0.6) is 17.2 Å². The van der Waals surface area contributed by atoms with Crippen LogP contribution in [0, 0.1) is 0 Å². The molecule has 0 atom stereocenters. The molecule has 0 aromatic heterocycles. The number of aromatic hydroxyl groups is 1. The number of hydrogen-bond donors (Lipinski definition) is 1. The number of methoxy groups -OCH3 is 2. The van der Waals surface area contributed by atoms with Crippen LogP contribution in [-0.2, 0) is 0 Å². The zero-order chi connectivity index (χ0) is 15.4. The van der Waals surface area contributed by atoms with E-state index in [1.165, 1.54) is 14.2 Å². The molecule has 1 heterocycles. The van der Waals surface area contributed by atoms with Crippen LogP contribution in [0.4, 0.5) is 0 Å². The van der Waals surface area contributed by atoms with Crippen molar-refractivity contribution in [3.8, 4) is 17.2 Å². The second-order valence-electron chi connectivity index (χ2n) is 5.20. The summed E-state index contributed by atoms with van der Waals surface area (Å²) < 4.78 is 10.2. The van der Waals surface area contributed by atoms with Gasteiger partial charge >= 0.3 is 0 Å². The van der Waals surface area contributed by atoms with E-state index in [1.54, 1.807) is 12.1 Å². The summed E-state index contributed by atoms with van der Waals surface area (Å²) in [6, 6.07) is 3.21. The largest absolute Gasteiger partial charge is 0.504 e. The highest BCUT2D eigenvalue weighted by Gasteiger charge is 2.22. The number of rotatable bonds is 5. The lowest BCUT2D eigenvalue weighted by Crippen LogP contribution is -2.46. The van der Waals surface area contributed by atoms with E-state index in [4.69, 9.17) is 9.47 Å². The molecular formula is C15H22N2O4. The van der Waals surface area contributed by atoms with Gasteiger partial charge in [0.25, 0.3) is 0 Å². The molecule has 0 aliphatic carbocycles. The van der Waals surface area contributed by atoms with Crippen LogP contribution in [-0.4, -0.2) is 74.7 Å². The van der Waals surface area contributed by atoms with Crippen molar-refractivity contribution in [3.63, 3.8) is 0 Å². The summed E-state index contributed by atoms with van der Waals surface area (Å²) in [4.78, 5) is 16.7. The minimum Gasteiger partial charge on any atom is -0.504 e. The molecule has 1 fully saturated rings. The van der Waals surface area contributed by atoms with Crippen molar-refractivity contribution in [2.45, 2.75) is 0 Å². The molecule has 1 aliphatic heterocycles. The fraction of sp³-hybridized carbons (Fsp3) is 0.533. The van der Waals surface area contributed by atoms with Gasteiger partial charge in [-0.05, 0) is 19.2 Å². The first kappa shape index (κ1) is 15.6. The fourth-order valence-electron chi connectivity index (χ4n) is 2.43. The van der Waals surface area contributed by atoms with Crippen molar-refractivity contribution < 1.29 is 19.4 Å². The van der Waals surface area contributed by atoms with Gasteiger partial charge < -0.3 is 19.5 Å². The van der Waals surface area contributed by atoms with Crippen LogP contribution in [0.25, 0.3) is 0 Å². The van der Waals surface area contributed by atoms with E-state index in [-0.39, 0.29) is 22.8 Å². The van der Waals surface area contributed by atoms with E-state index in [1.807, 2.05) is 0 Å². The summed E-state index contributed by atoms with van der Waals surface area (Å²) in [5.74, 6) is 0.335. The number of phenolic OH excluding ortho intramolecular Hbond substituents is 1. The van der Waals surface area contributed by atoms with E-state index >= 15 is 0 Å². The Balaban J connectivity index is 2.12. The molecule has 0 spiro atoms. The SMILES string of the molecule is COc1ccc(C(=O)CN2CCN(C)CC2)c(O)c1OC. The van der Waals surface area contributed by atoms with Gasteiger partial charge in [0.05, 0.1) is 26.3 Å². The quantitative estimate of drug-likeness (QED) is 0.812. The van der Waals surface area contributed by atoms with Crippen LogP contribution < -0.4 is 9.47 Å². The van der Waals surface area contributed by atoms with Crippen LogP contribution in [0.3, 0.4) is 0 Å². The first-order chi connectivity index (χ1) is 10.1. The number of Topliss-reactive ketones (excluding diaryl/α,β-unsaturated/α-hetero) is 1. The molecule has 2 rings (SSSR count). The van der Waals surface area contributed by atoms with Crippen molar-refractivity contribution in [2.75, 3.05) is 54.0 Å². The molecule has 0 unspecified atom stereocenters. The zero-order valence-electron chi connectivity index (χ0n) is 12.8. The fourth-order valence-corrected chi connectivity index (χ4v) is 2.43. The molecule has 1 aromatic carbocycles. The summed E-state index contributed by atoms with van der Waals surface area (Å²) >= 11 is 0. The maximum absolute atomic E-state index is 12.4. The molecule has 1 aliphatic rings. The van der Waals surface area contributed by atoms with Crippen LogP contribution in [0.1, 0.15) is 10.4 Å². The second kappa shape index (κ2) is 6.78. The minimum atomic E-state index is -0.157. The van der Waals surface area contributed by atoms with Crippen LogP contribution >= 0.6 is 0 Å². The lowest BCUT2D eigenvalue weighted by molar-refractivity contribution is 0.0873. The Labute approximate surface area is 124 Å². The predicted molar refractivity (Wildman–Crippen MR) is 79.5 cm³/mol. The van der Waals surface area contributed by atoms with Gasteiger partial charge in [0, 0.05) is 26.2 Å². The molecule has 6 nitrogen and oxygen atoms in total. The number of nitrogens with zero attached hydrogens (tertiary/aromatic N) is 2. The van der Waals surface area contributed by atoms with Gasteiger partial charge in [0.2, 0.25) is 5.75 Å². The maximum Gasteiger partial charge on any atom is 0.203 e. The molecule has 0 radical (unpaired) electrons. The number of ether oxygens (including phenoxy) is 2. The van der Waals surface area contributed by atoms with Crippen LogP contribution in [0.2, 0.25) is 0 Å². The first-order valence-corrected chi connectivity index (χ1v) is 6.95. The highest BCUT2D eigenvalue weighted by atomic mass is 16.5. The molecule has 1 saturated heterocycles. The Morgan fingerprint density at radius 1 is 1.19 bits per heavy atom. The molecule has 1 aromatic rings. The number of carbonyl (C=O) groups is 1. The third-order valence-corrected chi connectivity index (χ3v) is 3.78. The molecule has 6 heteroatoms. The molecule has 116 valence electrons. The van der Waals surface area contributed by atoms with Gasteiger partial charge in [-0.1, -0.05) is 0 Å². The summed E-state index contributed by atoms with van der Waals surface area (Å²) in [5.41, 5.74) is 0.270. The van der Waals surface area contributed by atoms with Gasteiger partial charge in [0.1, 0.15) is 0 Å². The Morgan fingerprint density at radius 3 is 2.43 bits per heavy atom. The molecule has 0 saturated carbocycles. The Kier molecular flexibility index (Phi) is 5.03. The molecular weight excluding hydrogens is 272 g/mol. The lowest BCUT2D eigenvalue weighted by Gasteiger charge is -2.31. The topological polar surface area (TPSA) is 62.2 Å².